The number of sulfonamides is 1. The molecule has 0 saturated carbocycles. The number of anilines is 1. The van der Waals surface area contributed by atoms with Crippen LogP contribution in [0.5, 0.6) is 0 Å². The monoisotopic (exact) mass is 473 g/mol. The van der Waals surface area contributed by atoms with Crippen LogP contribution in [0.3, 0.4) is 0 Å². The first-order valence-electron chi connectivity index (χ1n) is 11.0. The standard InChI is InChI=1S/C25H35N3O4S/c1-17(2)26-25(30)21(6)27(15-22-11-9-8-10-19(22)4)24(29)16-28(33(7,31)32)23-14-18(3)12-13-20(23)5/h8-14,17,21H,15-16H2,1-7H3,(H,26,30)/t21-/m0/s1. The highest BCUT2D eigenvalue weighted by Gasteiger charge is 2.31. The van der Waals surface area contributed by atoms with Gasteiger partial charge in [0.2, 0.25) is 21.8 Å². The summed E-state index contributed by atoms with van der Waals surface area (Å²) in [4.78, 5) is 27.8. The molecule has 2 aromatic carbocycles. The Balaban J connectivity index is 2.45. The summed E-state index contributed by atoms with van der Waals surface area (Å²) in [5.41, 5.74) is 3.97. The Kier molecular flexibility index (Phi) is 8.66. The number of hydrogen-bond donors (Lipinski definition) is 1. The third-order valence-corrected chi connectivity index (χ3v) is 6.64. The summed E-state index contributed by atoms with van der Waals surface area (Å²) < 4.78 is 26.5. The molecule has 2 aromatic rings. The van der Waals surface area contributed by atoms with Crippen LogP contribution in [-0.2, 0) is 26.2 Å². The largest absolute Gasteiger partial charge is 0.352 e. The molecule has 0 aromatic heterocycles. The van der Waals surface area contributed by atoms with Gasteiger partial charge < -0.3 is 10.2 Å². The summed E-state index contributed by atoms with van der Waals surface area (Å²) >= 11 is 0. The number of amides is 2. The van der Waals surface area contributed by atoms with Gasteiger partial charge in [-0.2, -0.15) is 0 Å². The minimum atomic E-state index is -3.75. The minimum absolute atomic E-state index is 0.0853. The summed E-state index contributed by atoms with van der Waals surface area (Å²) in [6.45, 7) is 10.8. The second kappa shape index (κ2) is 10.8. The van der Waals surface area contributed by atoms with E-state index in [2.05, 4.69) is 5.32 Å². The maximum Gasteiger partial charge on any atom is 0.244 e. The van der Waals surface area contributed by atoms with Crippen molar-refractivity contribution in [1.29, 1.82) is 0 Å². The smallest absolute Gasteiger partial charge is 0.244 e. The van der Waals surface area contributed by atoms with E-state index in [1.54, 1.807) is 19.9 Å². The maximum absolute atomic E-state index is 13.6. The van der Waals surface area contributed by atoms with Gasteiger partial charge >= 0.3 is 0 Å². The van der Waals surface area contributed by atoms with Crippen molar-refractivity contribution < 1.29 is 18.0 Å². The summed E-state index contributed by atoms with van der Waals surface area (Å²) in [6.07, 6.45) is 1.09. The lowest BCUT2D eigenvalue weighted by Crippen LogP contribution is -2.52. The van der Waals surface area contributed by atoms with Crippen LogP contribution in [0.1, 0.15) is 43.0 Å². The SMILES string of the molecule is Cc1ccc(C)c(N(CC(=O)N(Cc2ccccc2C)[C@@H](C)C(=O)NC(C)C)S(C)(=O)=O)c1. The van der Waals surface area contributed by atoms with Crippen LogP contribution in [0, 0.1) is 20.8 Å². The van der Waals surface area contributed by atoms with Crippen molar-refractivity contribution in [2.24, 2.45) is 0 Å². The van der Waals surface area contributed by atoms with Crippen molar-refractivity contribution >= 4 is 27.5 Å². The van der Waals surface area contributed by atoms with Crippen molar-refractivity contribution in [3.05, 3.63) is 64.7 Å². The molecular formula is C25H35N3O4S. The molecule has 0 spiro atoms. The van der Waals surface area contributed by atoms with Gasteiger partial charge in [0, 0.05) is 12.6 Å². The van der Waals surface area contributed by atoms with E-state index in [1.807, 2.05) is 64.1 Å². The van der Waals surface area contributed by atoms with Gasteiger partial charge in [-0.05, 0) is 69.9 Å². The van der Waals surface area contributed by atoms with Gasteiger partial charge in [-0.1, -0.05) is 36.4 Å². The van der Waals surface area contributed by atoms with Crippen molar-refractivity contribution in [3.63, 3.8) is 0 Å². The highest BCUT2D eigenvalue weighted by molar-refractivity contribution is 7.92. The molecular weight excluding hydrogens is 438 g/mol. The minimum Gasteiger partial charge on any atom is -0.352 e. The Hall–Kier alpha value is -2.87. The zero-order valence-electron chi connectivity index (χ0n) is 20.5. The number of nitrogens with zero attached hydrogens (tertiary/aromatic N) is 2. The fourth-order valence-corrected chi connectivity index (χ4v) is 4.44. The average molecular weight is 474 g/mol. The Morgan fingerprint density at radius 3 is 2.18 bits per heavy atom. The number of rotatable bonds is 9. The van der Waals surface area contributed by atoms with Gasteiger partial charge in [0.1, 0.15) is 12.6 Å². The fourth-order valence-electron chi connectivity index (χ4n) is 3.54. The van der Waals surface area contributed by atoms with E-state index in [4.69, 9.17) is 0 Å². The van der Waals surface area contributed by atoms with Crippen LogP contribution >= 0.6 is 0 Å². The molecule has 0 saturated heterocycles. The highest BCUT2D eigenvalue weighted by atomic mass is 32.2. The third kappa shape index (κ3) is 7.05. The molecule has 0 aliphatic rings. The summed E-state index contributed by atoms with van der Waals surface area (Å²) in [6, 6.07) is 12.2. The maximum atomic E-state index is 13.6. The summed E-state index contributed by atoms with van der Waals surface area (Å²) in [5, 5.41) is 2.85. The molecule has 180 valence electrons. The average Bonchev–Trinajstić information content (AvgIpc) is 2.71. The molecule has 2 amide bonds. The molecule has 0 bridgehead atoms. The molecule has 0 aliphatic carbocycles. The van der Waals surface area contributed by atoms with Gasteiger partial charge in [-0.15, -0.1) is 0 Å². The lowest BCUT2D eigenvalue weighted by atomic mass is 10.1. The van der Waals surface area contributed by atoms with Crippen molar-refractivity contribution in [1.82, 2.24) is 10.2 Å². The van der Waals surface area contributed by atoms with Crippen molar-refractivity contribution in [3.8, 4) is 0 Å². The van der Waals surface area contributed by atoms with Gasteiger partial charge in [-0.25, -0.2) is 8.42 Å². The van der Waals surface area contributed by atoms with Gasteiger partial charge in [0.25, 0.3) is 0 Å². The first-order valence-corrected chi connectivity index (χ1v) is 12.9. The highest BCUT2D eigenvalue weighted by Crippen LogP contribution is 2.24. The Bertz CT molecular complexity index is 1110. The predicted molar refractivity (Wildman–Crippen MR) is 133 cm³/mol. The first-order chi connectivity index (χ1) is 15.3. The van der Waals surface area contributed by atoms with E-state index < -0.39 is 28.5 Å². The van der Waals surface area contributed by atoms with E-state index in [9.17, 15) is 18.0 Å². The number of nitrogens with one attached hydrogen (secondary N) is 1. The second-order valence-corrected chi connectivity index (χ2v) is 10.8. The molecule has 7 nitrogen and oxygen atoms in total. The number of aryl methyl sites for hydroxylation is 3. The van der Waals surface area contributed by atoms with Crippen LogP contribution in [0.2, 0.25) is 0 Å². The molecule has 33 heavy (non-hydrogen) atoms. The Morgan fingerprint density at radius 2 is 1.61 bits per heavy atom. The number of hydrogen-bond acceptors (Lipinski definition) is 4. The first kappa shape index (κ1) is 26.4. The van der Waals surface area contributed by atoms with E-state index >= 15 is 0 Å². The molecule has 1 atom stereocenters. The van der Waals surface area contributed by atoms with Gasteiger partial charge in [-0.3, -0.25) is 13.9 Å². The molecule has 1 N–H and O–H groups in total. The van der Waals surface area contributed by atoms with Crippen LogP contribution < -0.4 is 9.62 Å². The zero-order valence-corrected chi connectivity index (χ0v) is 21.4. The lowest BCUT2D eigenvalue weighted by Gasteiger charge is -2.32. The van der Waals surface area contributed by atoms with Crippen LogP contribution in [0.15, 0.2) is 42.5 Å². The Labute approximate surface area is 197 Å². The van der Waals surface area contributed by atoms with Crippen LogP contribution in [-0.4, -0.2) is 50.0 Å². The molecule has 0 aliphatic heterocycles. The molecule has 0 radical (unpaired) electrons. The zero-order chi connectivity index (χ0) is 24.9. The normalized spacial score (nSPS) is 12.4. The Morgan fingerprint density at radius 1 is 0.970 bits per heavy atom. The summed E-state index contributed by atoms with van der Waals surface area (Å²) in [7, 11) is -3.75. The number of benzene rings is 2. The predicted octanol–water partition coefficient (Wildman–Crippen LogP) is 3.32. The molecule has 2 rings (SSSR count). The van der Waals surface area contributed by atoms with Crippen LogP contribution in [0.25, 0.3) is 0 Å². The van der Waals surface area contributed by atoms with Crippen molar-refractivity contribution in [2.45, 2.75) is 60.2 Å². The van der Waals surface area contributed by atoms with Crippen molar-refractivity contribution in [2.75, 3.05) is 17.1 Å². The number of carbonyl (C=O) groups excluding carboxylic acids is 2. The molecule has 0 unspecified atom stereocenters. The number of carbonyl (C=O) groups is 2. The van der Waals surface area contributed by atoms with E-state index in [0.717, 1.165) is 32.8 Å². The quantitative estimate of drug-likeness (QED) is 0.605. The topological polar surface area (TPSA) is 86.8 Å². The second-order valence-electron chi connectivity index (χ2n) is 8.85. The molecule has 8 heteroatoms. The molecule has 0 fully saturated rings. The van der Waals surface area contributed by atoms with Gasteiger partial charge in [0.05, 0.1) is 11.9 Å². The summed E-state index contributed by atoms with van der Waals surface area (Å²) in [5.74, 6) is -0.736. The van der Waals surface area contributed by atoms with Gasteiger partial charge in [0.15, 0.2) is 0 Å². The van der Waals surface area contributed by atoms with Crippen LogP contribution in [0.4, 0.5) is 5.69 Å². The van der Waals surface area contributed by atoms with E-state index in [1.165, 1.54) is 4.90 Å². The van der Waals surface area contributed by atoms with E-state index in [-0.39, 0.29) is 18.5 Å². The lowest BCUT2D eigenvalue weighted by molar-refractivity contribution is -0.139. The van der Waals surface area contributed by atoms with E-state index in [0.29, 0.717) is 5.69 Å². The third-order valence-electron chi connectivity index (χ3n) is 5.51. The molecule has 0 heterocycles. The fraction of sp³-hybridized carbons (Fsp3) is 0.440.